The van der Waals surface area contributed by atoms with E-state index in [1.165, 1.54) is 6.42 Å². The van der Waals surface area contributed by atoms with Gasteiger partial charge in [-0.05, 0) is 49.7 Å². The van der Waals surface area contributed by atoms with Crippen molar-refractivity contribution in [1.29, 1.82) is 0 Å². The van der Waals surface area contributed by atoms with E-state index in [0.29, 0.717) is 16.6 Å². The van der Waals surface area contributed by atoms with Crippen LogP contribution in [0.2, 0.25) is 10.0 Å². The first kappa shape index (κ1) is 18.3. The molecule has 0 atom stereocenters. The van der Waals surface area contributed by atoms with Gasteiger partial charge in [0.15, 0.2) is 0 Å². The molecule has 0 saturated heterocycles. The van der Waals surface area contributed by atoms with Gasteiger partial charge in [0.05, 0.1) is 11.6 Å². The summed E-state index contributed by atoms with van der Waals surface area (Å²) in [4.78, 5) is 0. The van der Waals surface area contributed by atoms with E-state index in [1.807, 2.05) is 24.3 Å². The fraction of sp³-hybridized carbons (Fsp3) is 0.444. The van der Waals surface area contributed by atoms with Crippen molar-refractivity contribution in [3.63, 3.8) is 0 Å². The second kappa shape index (κ2) is 9.99. The fourth-order valence-corrected chi connectivity index (χ4v) is 2.67. The van der Waals surface area contributed by atoms with E-state index in [1.54, 1.807) is 6.07 Å². The molecule has 126 valence electrons. The molecule has 0 unspecified atom stereocenters. The van der Waals surface area contributed by atoms with Gasteiger partial charge in [-0.25, -0.2) is 0 Å². The van der Waals surface area contributed by atoms with Crippen LogP contribution in [0.15, 0.2) is 34.7 Å². The van der Waals surface area contributed by atoms with Crippen LogP contribution in [0.4, 0.5) is 0 Å². The summed E-state index contributed by atoms with van der Waals surface area (Å²) in [5, 5.41) is 4.57. The smallest absolute Gasteiger partial charge is 0.135 e. The number of halogens is 2. The minimum absolute atomic E-state index is 0.593. The lowest BCUT2D eigenvalue weighted by atomic mass is 10.2. The minimum atomic E-state index is 0.593. The predicted molar refractivity (Wildman–Crippen MR) is 96.2 cm³/mol. The highest BCUT2D eigenvalue weighted by Crippen LogP contribution is 2.31. The second-order valence-electron chi connectivity index (χ2n) is 5.39. The van der Waals surface area contributed by atoms with Crippen molar-refractivity contribution in [2.45, 2.75) is 32.7 Å². The van der Waals surface area contributed by atoms with Gasteiger partial charge in [0, 0.05) is 23.8 Å². The Morgan fingerprint density at radius 3 is 2.70 bits per heavy atom. The Kier molecular flexibility index (Phi) is 7.96. The molecule has 23 heavy (non-hydrogen) atoms. The molecule has 0 bridgehead atoms. The molecule has 5 heteroatoms. The first-order valence-corrected chi connectivity index (χ1v) is 8.79. The summed E-state index contributed by atoms with van der Waals surface area (Å²) in [5.74, 6) is 1.64. The first-order valence-electron chi connectivity index (χ1n) is 8.03. The van der Waals surface area contributed by atoms with E-state index >= 15 is 0 Å². The first-order chi connectivity index (χ1) is 11.2. The van der Waals surface area contributed by atoms with E-state index in [4.69, 9.17) is 32.4 Å². The normalized spacial score (nSPS) is 11.1. The summed E-state index contributed by atoms with van der Waals surface area (Å²) in [6, 6.07) is 9.29. The van der Waals surface area contributed by atoms with Gasteiger partial charge < -0.3 is 14.5 Å². The Morgan fingerprint density at radius 1 is 1.09 bits per heavy atom. The number of nitrogens with one attached hydrogen (secondary N) is 1. The maximum Gasteiger partial charge on any atom is 0.135 e. The second-order valence-corrected chi connectivity index (χ2v) is 6.23. The Balaban J connectivity index is 1.73. The van der Waals surface area contributed by atoms with Crippen LogP contribution in [0.1, 0.15) is 31.9 Å². The minimum Gasteiger partial charge on any atom is -0.460 e. The van der Waals surface area contributed by atoms with E-state index in [9.17, 15) is 0 Å². The van der Waals surface area contributed by atoms with Crippen LogP contribution < -0.4 is 5.32 Å². The molecule has 0 aliphatic carbocycles. The van der Waals surface area contributed by atoms with Crippen molar-refractivity contribution in [3.8, 4) is 11.3 Å². The van der Waals surface area contributed by atoms with Gasteiger partial charge in [0.2, 0.25) is 0 Å². The summed E-state index contributed by atoms with van der Waals surface area (Å²) in [7, 11) is 0. The lowest BCUT2D eigenvalue weighted by molar-refractivity contribution is 0.128. The molecule has 3 nitrogen and oxygen atoms in total. The van der Waals surface area contributed by atoms with Crippen molar-refractivity contribution >= 4 is 23.2 Å². The van der Waals surface area contributed by atoms with Gasteiger partial charge in [0.1, 0.15) is 11.5 Å². The molecule has 0 amide bonds. The molecule has 1 aromatic carbocycles. The molecule has 1 aromatic heterocycles. The summed E-state index contributed by atoms with van der Waals surface area (Å²) >= 11 is 12.1. The molecule has 2 rings (SSSR count). The molecule has 0 radical (unpaired) electrons. The van der Waals surface area contributed by atoms with E-state index in [0.717, 1.165) is 49.7 Å². The van der Waals surface area contributed by atoms with Crippen LogP contribution in [0.3, 0.4) is 0 Å². The Morgan fingerprint density at radius 2 is 1.91 bits per heavy atom. The molecular weight excluding hydrogens is 333 g/mol. The van der Waals surface area contributed by atoms with Crippen LogP contribution in [0.5, 0.6) is 0 Å². The number of furan rings is 1. The van der Waals surface area contributed by atoms with E-state index in [2.05, 4.69) is 12.2 Å². The van der Waals surface area contributed by atoms with Gasteiger partial charge in [-0.1, -0.05) is 36.5 Å². The maximum atomic E-state index is 6.20. The summed E-state index contributed by atoms with van der Waals surface area (Å²) in [6.07, 6.45) is 3.31. The van der Waals surface area contributed by atoms with Crippen molar-refractivity contribution in [2.75, 3.05) is 19.8 Å². The number of ether oxygens (including phenoxy) is 1. The number of benzene rings is 1. The highest BCUT2D eigenvalue weighted by molar-refractivity contribution is 6.36. The van der Waals surface area contributed by atoms with Crippen molar-refractivity contribution in [2.24, 2.45) is 0 Å². The van der Waals surface area contributed by atoms with Crippen LogP contribution in [-0.2, 0) is 11.3 Å². The average Bonchev–Trinajstić information content (AvgIpc) is 2.98. The van der Waals surface area contributed by atoms with Crippen molar-refractivity contribution in [1.82, 2.24) is 5.32 Å². The third-order valence-electron chi connectivity index (χ3n) is 3.44. The predicted octanol–water partition coefficient (Wildman–Crippen LogP) is 5.55. The van der Waals surface area contributed by atoms with Crippen molar-refractivity contribution in [3.05, 3.63) is 46.1 Å². The SMILES string of the molecule is CCCCOCCCNCc1ccc(-c2ccc(Cl)cc2Cl)o1. The van der Waals surface area contributed by atoms with E-state index in [-0.39, 0.29) is 0 Å². The van der Waals surface area contributed by atoms with Crippen LogP contribution >= 0.6 is 23.2 Å². The average molecular weight is 356 g/mol. The monoisotopic (exact) mass is 355 g/mol. The highest BCUT2D eigenvalue weighted by atomic mass is 35.5. The lowest BCUT2D eigenvalue weighted by Gasteiger charge is -2.05. The third kappa shape index (κ3) is 6.19. The number of unbranched alkanes of at least 4 members (excludes halogenated alkanes) is 1. The zero-order chi connectivity index (χ0) is 16.5. The largest absolute Gasteiger partial charge is 0.460 e. The Labute approximate surface area is 147 Å². The zero-order valence-electron chi connectivity index (χ0n) is 13.4. The Hall–Kier alpha value is -1.00. The lowest BCUT2D eigenvalue weighted by Crippen LogP contribution is -2.16. The van der Waals surface area contributed by atoms with E-state index < -0.39 is 0 Å². The fourth-order valence-electron chi connectivity index (χ4n) is 2.17. The Bertz CT molecular complexity index is 598. The quantitative estimate of drug-likeness (QED) is 0.567. The van der Waals surface area contributed by atoms with Gasteiger partial charge in [-0.3, -0.25) is 0 Å². The molecule has 0 saturated carbocycles. The molecule has 1 N–H and O–H groups in total. The molecule has 0 aliphatic heterocycles. The molecule has 0 fully saturated rings. The standard InChI is InChI=1S/C18H23Cl2NO2/c1-2-3-10-22-11-4-9-21-13-15-6-8-18(23-15)16-7-5-14(19)12-17(16)20/h5-8,12,21H,2-4,9-11,13H2,1H3. The maximum absolute atomic E-state index is 6.20. The summed E-state index contributed by atoms with van der Waals surface area (Å²) in [6.45, 7) is 5.43. The van der Waals surface area contributed by atoms with Gasteiger partial charge >= 0.3 is 0 Å². The van der Waals surface area contributed by atoms with Crippen LogP contribution in [-0.4, -0.2) is 19.8 Å². The molecular formula is C18H23Cl2NO2. The van der Waals surface area contributed by atoms with Crippen LogP contribution in [0, 0.1) is 0 Å². The number of hydrogen-bond donors (Lipinski definition) is 1. The molecule has 0 aliphatic rings. The molecule has 2 aromatic rings. The number of rotatable bonds is 10. The summed E-state index contributed by atoms with van der Waals surface area (Å²) in [5.41, 5.74) is 0.853. The van der Waals surface area contributed by atoms with Gasteiger partial charge in [0.25, 0.3) is 0 Å². The third-order valence-corrected chi connectivity index (χ3v) is 3.99. The zero-order valence-corrected chi connectivity index (χ0v) is 14.9. The highest BCUT2D eigenvalue weighted by Gasteiger charge is 2.09. The van der Waals surface area contributed by atoms with Crippen molar-refractivity contribution < 1.29 is 9.15 Å². The number of hydrogen-bond acceptors (Lipinski definition) is 3. The molecule has 1 heterocycles. The topological polar surface area (TPSA) is 34.4 Å². The van der Waals surface area contributed by atoms with Gasteiger partial charge in [-0.2, -0.15) is 0 Å². The summed E-state index contributed by atoms with van der Waals surface area (Å²) < 4.78 is 11.4. The molecule has 0 spiro atoms. The van der Waals surface area contributed by atoms with Crippen LogP contribution in [0.25, 0.3) is 11.3 Å². The van der Waals surface area contributed by atoms with Gasteiger partial charge in [-0.15, -0.1) is 0 Å².